The Morgan fingerprint density at radius 1 is 1.57 bits per heavy atom. The van der Waals surface area contributed by atoms with Crippen molar-refractivity contribution < 1.29 is 4.74 Å². The van der Waals surface area contributed by atoms with E-state index in [2.05, 4.69) is 27.7 Å². The molecule has 0 aliphatic carbocycles. The van der Waals surface area contributed by atoms with Gasteiger partial charge < -0.3 is 4.74 Å². The molecule has 0 radical (unpaired) electrons. The summed E-state index contributed by atoms with van der Waals surface area (Å²) in [5.41, 5.74) is -0.0798. The minimum absolute atomic E-state index is 0.0798. The van der Waals surface area contributed by atoms with Gasteiger partial charge in [0.25, 0.3) is 5.56 Å². The van der Waals surface area contributed by atoms with Gasteiger partial charge in [0.15, 0.2) is 6.23 Å². The first-order valence-electron chi connectivity index (χ1n) is 4.63. The Bertz CT molecular complexity index is 371. The number of hydrogen-bond donors (Lipinski definition) is 0. The Kier molecular flexibility index (Phi) is 3.17. The van der Waals surface area contributed by atoms with E-state index in [1.807, 2.05) is 0 Å². The van der Waals surface area contributed by atoms with Crippen LogP contribution in [0.4, 0.5) is 0 Å². The Labute approximate surface area is 95.4 Å². The molecule has 76 valence electrons. The van der Waals surface area contributed by atoms with Crippen LogP contribution in [0, 0.1) is 3.57 Å². The van der Waals surface area contributed by atoms with E-state index in [1.165, 1.54) is 4.68 Å². The van der Waals surface area contributed by atoms with Crippen LogP contribution in [0.25, 0.3) is 0 Å². The van der Waals surface area contributed by atoms with E-state index in [4.69, 9.17) is 4.74 Å². The third-order valence-electron chi connectivity index (χ3n) is 2.22. The minimum atomic E-state index is -0.159. The maximum atomic E-state index is 11.6. The third-order valence-corrected chi connectivity index (χ3v) is 2.81. The summed E-state index contributed by atoms with van der Waals surface area (Å²) in [6.07, 6.45) is 4.58. The lowest BCUT2D eigenvalue weighted by Gasteiger charge is -2.22. The highest BCUT2D eigenvalue weighted by molar-refractivity contribution is 14.1. The van der Waals surface area contributed by atoms with Gasteiger partial charge in [-0.2, -0.15) is 5.10 Å². The lowest BCUT2D eigenvalue weighted by atomic mass is 10.2. The molecule has 1 saturated heterocycles. The topological polar surface area (TPSA) is 44.1 Å². The highest BCUT2D eigenvalue weighted by atomic mass is 127. The van der Waals surface area contributed by atoms with Gasteiger partial charge in [0.1, 0.15) is 0 Å². The molecule has 2 rings (SSSR count). The van der Waals surface area contributed by atoms with E-state index >= 15 is 0 Å². The number of rotatable bonds is 1. The third kappa shape index (κ3) is 2.14. The highest BCUT2D eigenvalue weighted by Gasteiger charge is 2.17. The van der Waals surface area contributed by atoms with Gasteiger partial charge in [0.05, 0.1) is 6.20 Å². The molecule has 1 aromatic rings. The van der Waals surface area contributed by atoms with Crippen molar-refractivity contribution in [2.24, 2.45) is 0 Å². The van der Waals surface area contributed by atoms with Crippen LogP contribution >= 0.6 is 22.6 Å². The maximum Gasteiger partial charge on any atom is 0.270 e. The summed E-state index contributed by atoms with van der Waals surface area (Å²) in [5, 5.41) is 4.07. The molecule has 0 aromatic carbocycles. The molecule has 1 fully saturated rings. The van der Waals surface area contributed by atoms with Crippen molar-refractivity contribution in [3.63, 3.8) is 0 Å². The van der Waals surface area contributed by atoms with E-state index in [1.54, 1.807) is 12.3 Å². The second kappa shape index (κ2) is 4.39. The van der Waals surface area contributed by atoms with Crippen molar-refractivity contribution in [3.8, 4) is 0 Å². The normalized spacial score (nSPS) is 22.2. The monoisotopic (exact) mass is 306 g/mol. The summed E-state index contributed by atoms with van der Waals surface area (Å²) in [5.74, 6) is 0. The van der Waals surface area contributed by atoms with Gasteiger partial charge in [-0.05, 0) is 41.9 Å². The van der Waals surface area contributed by atoms with Gasteiger partial charge in [-0.25, -0.2) is 4.68 Å². The number of nitrogens with zero attached hydrogens (tertiary/aromatic N) is 2. The second-order valence-electron chi connectivity index (χ2n) is 3.28. The molecule has 1 aliphatic heterocycles. The zero-order valence-corrected chi connectivity index (χ0v) is 9.81. The fourth-order valence-corrected chi connectivity index (χ4v) is 1.92. The maximum absolute atomic E-state index is 11.6. The summed E-state index contributed by atoms with van der Waals surface area (Å²) >= 11 is 2.08. The molecular weight excluding hydrogens is 295 g/mol. The molecule has 0 spiro atoms. The van der Waals surface area contributed by atoms with E-state index in [-0.39, 0.29) is 11.8 Å². The van der Waals surface area contributed by atoms with Gasteiger partial charge in [0, 0.05) is 16.2 Å². The Hall–Kier alpha value is -0.430. The zero-order chi connectivity index (χ0) is 9.97. The number of aromatic nitrogens is 2. The van der Waals surface area contributed by atoms with Gasteiger partial charge in [-0.1, -0.05) is 0 Å². The summed E-state index contributed by atoms with van der Waals surface area (Å²) in [6, 6.07) is 1.57. The minimum Gasteiger partial charge on any atom is -0.356 e. The van der Waals surface area contributed by atoms with Crippen LogP contribution in [0.3, 0.4) is 0 Å². The fraction of sp³-hybridized carbons (Fsp3) is 0.556. The van der Waals surface area contributed by atoms with Crippen molar-refractivity contribution >= 4 is 22.6 Å². The summed E-state index contributed by atoms with van der Waals surface area (Å²) in [7, 11) is 0. The highest BCUT2D eigenvalue weighted by Crippen LogP contribution is 2.19. The lowest BCUT2D eigenvalue weighted by molar-refractivity contribution is -0.0425. The van der Waals surface area contributed by atoms with Crippen LogP contribution in [0.5, 0.6) is 0 Å². The first kappa shape index (κ1) is 10.1. The standard InChI is InChI=1S/C9H11IN2O2/c10-7-5-8(13)12(11-6-7)9-3-1-2-4-14-9/h5-6,9H,1-4H2/t9-/m0/s1. The molecule has 0 amide bonds. The smallest absolute Gasteiger partial charge is 0.270 e. The molecule has 1 atom stereocenters. The average Bonchev–Trinajstić information content (AvgIpc) is 2.19. The SMILES string of the molecule is O=c1cc(I)cnn1[C@@H]1CCCCO1. The van der Waals surface area contributed by atoms with Crippen LogP contribution in [-0.2, 0) is 4.74 Å². The van der Waals surface area contributed by atoms with Gasteiger partial charge >= 0.3 is 0 Å². The van der Waals surface area contributed by atoms with E-state index in [9.17, 15) is 4.79 Å². The first-order valence-corrected chi connectivity index (χ1v) is 5.71. The van der Waals surface area contributed by atoms with Crippen molar-refractivity contribution in [3.05, 3.63) is 26.2 Å². The lowest BCUT2D eigenvalue weighted by Crippen LogP contribution is -2.30. The summed E-state index contributed by atoms with van der Waals surface area (Å²) in [4.78, 5) is 11.6. The summed E-state index contributed by atoms with van der Waals surface area (Å²) in [6.45, 7) is 0.727. The molecule has 4 nitrogen and oxygen atoms in total. The number of ether oxygens (including phenoxy) is 1. The molecule has 0 N–H and O–H groups in total. The van der Waals surface area contributed by atoms with E-state index in [0.29, 0.717) is 0 Å². The van der Waals surface area contributed by atoms with E-state index in [0.717, 1.165) is 29.4 Å². The zero-order valence-electron chi connectivity index (χ0n) is 7.65. The Morgan fingerprint density at radius 3 is 3.07 bits per heavy atom. The molecular formula is C9H11IN2O2. The Balaban J connectivity index is 2.26. The largest absolute Gasteiger partial charge is 0.356 e. The number of hydrogen-bond acceptors (Lipinski definition) is 3. The van der Waals surface area contributed by atoms with Gasteiger partial charge in [-0.3, -0.25) is 4.79 Å². The molecule has 2 heterocycles. The van der Waals surface area contributed by atoms with Crippen molar-refractivity contribution in [1.82, 2.24) is 9.78 Å². The van der Waals surface area contributed by atoms with Crippen LogP contribution in [0.15, 0.2) is 17.1 Å². The molecule has 1 aromatic heterocycles. The van der Waals surface area contributed by atoms with Crippen molar-refractivity contribution in [2.75, 3.05) is 6.61 Å². The van der Waals surface area contributed by atoms with Crippen molar-refractivity contribution in [2.45, 2.75) is 25.5 Å². The predicted molar refractivity (Wildman–Crippen MR) is 60.1 cm³/mol. The second-order valence-corrected chi connectivity index (χ2v) is 4.52. The quantitative estimate of drug-likeness (QED) is 0.739. The number of halogens is 1. The molecule has 0 saturated carbocycles. The Morgan fingerprint density at radius 2 is 2.43 bits per heavy atom. The first-order chi connectivity index (χ1) is 6.77. The van der Waals surface area contributed by atoms with Gasteiger partial charge in [-0.15, -0.1) is 0 Å². The van der Waals surface area contributed by atoms with Crippen molar-refractivity contribution in [1.29, 1.82) is 0 Å². The fourth-order valence-electron chi connectivity index (χ4n) is 1.53. The van der Waals surface area contributed by atoms with Crippen LogP contribution in [0.2, 0.25) is 0 Å². The van der Waals surface area contributed by atoms with Gasteiger partial charge in [0.2, 0.25) is 0 Å². The van der Waals surface area contributed by atoms with Crippen LogP contribution in [-0.4, -0.2) is 16.4 Å². The molecule has 14 heavy (non-hydrogen) atoms. The molecule has 0 bridgehead atoms. The average molecular weight is 306 g/mol. The van der Waals surface area contributed by atoms with E-state index < -0.39 is 0 Å². The molecule has 1 aliphatic rings. The van der Waals surface area contributed by atoms with Crippen LogP contribution in [0.1, 0.15) is 25.5 Å². The predicted octanol–water partition coefficient (Wildman–Crippen LogP) is 1.55. The van der Waals surface area contributed by atoms with Crippen LogP contribution < -0.4 is 5.56 Å². The summed E-state index contributed by atoms with van der Waals surface area (Å²) < 4.78 is 7.78. The molecule has 5 heteroatoms. The molecule has 0 unspecified atom stereocenters.